The van der Waals surface area contributed by atoms with Gasteiger partial charge in [-0.25, -0.2) is 0 Å². The molecule has 0 amide bonds. The largest absolute Gasteiger partial charge is 0.378 e. The average Bonchev–Trinajstić information content (AvgIpc) is 2.08. The van der Waals surface area contributed by atoms with E-state index in [4.69, 9.17) is 4.74 Å². The van der Waals surface area contributed by atoms with Crippen molar-refractivity contribution in [2.75, 3.05) is 6.61 Å². The van der Waals surface area contributed by atoms with Crippen LogP contribution in [0.15, 0.2) is 0 Å². The highest BCUT2D eigenvalue weighted by atomic mass is 16.5. The summed E-state index contributed by atoms with van der Waals surface area (Å²) in [5.41, 5.74) is 0. The first-order valence-corrected chi connectivity index (χ1v) is 5.80. The second-order valence-electron chi connectivity index (χ2n) is 4.94. The zero-order valence-corrected chi connectivity index (χ0v) is 9.38. The molecule has 1 saturated carbocycles. The maximum Gasteiger partial charge on any atom is 0.0575 e. The molecule has 0 saturated heterocycles. The molecule has 0 unspecified atom stereocenters. The lowest BCUT2D eigenvalue weighted by Crippen LogP contribution is -2.21. The van der Waals surface area contributed by atoms with Gasteiger partial charge in [-0.15, -0.1) is 0 Å². The minimum atomic E-state index is 0.579. The normalized spacial score (nSPS) is 29.5. The predicted octanol–water partition coefficient (Wildman–Crippen LogP) is 3.63. The molecular weight excluding hydrogens is 160 g/mol. The summed E-state index contributed by atoms with van der Waals surface area (Å²) in [4.78, 5) is 0. The van der Waals surface area contributed by atoms with Gasteiger partial charge in [-0.05, 0) is 43.9 Å². The van der Waals surface area contributed by atoms with Crippen LogP contribution in [-0.4, -0.2) is 12.7 Å². The summed E-state index contributed by atoms with van der Waals surface area (Å²) in [5.74, 6) is 1.72. The molecule has 0 atom stereocenters. The van der Waals surface area contributed by atoms with Crippen molar-refractivity contribution in [1.82, 2.24) is 0 Å². The maximum absolute atomic E-state index is 5.84. The molecule has 0 N–H and O–H groups in total. The van der Waals surface area contributed by atoms with Gasteiger partial charge in [0, 0.05) is 6.61 Å². The molecule has 0 aromatic heterocycles. The fourth-order valence-corrected chi connectivity index (χ4v) is 1.87. The molecule has 0 aromatic rings. The van der Waals surface area contributed by atoms with E-state index in [0.29, 0.717) is 6.10 Å². The molecule has 1 heteroatoms. The van der Waals surface area contributed by atoms with Crippen molar-refractivity contribution in [3.05, 3.63) is 0 Å². The van der Waals surface area contributed by atoms with Gasteiger partial charge in [0.1, 0.15) is 0 Å². The fraction of sp³-hybridized carbons (Fsp3) is 1.00. The van der Waals surface area contributed by atoms with E-state index in [1.54, 1.807) is 0 Å². The highest BCUT2D eigenvalue weighted by Crippen LogP contribution is 2.25. The van der Waals surface area contributed by atoms with Gasteiger partial charge in [0.15, 0.2) is 0 Å². The van der Waals surface area contributed by atoms with E-state index >= 15 is 0 Å². The molecular formula is C12H24O. The van der Waals surface area contributed by atoms with Gasteiger partial charge in [-0.3, -0.25) is 0 Å². The third-order valence-corrected chi connectivity index (χ3v) is 3.01. The molecule has 1 aliphatic rings. The summed E-state index contributed by atoms with van der Waals surface area (Å²) in [5, 5.41) is 0. The van der Waals surface area contributed by atoms with E-state index in [2.05, 4.69) is 20.8 Å². The Morgan fingerprint density at radius 3 is 2.31 bits per heavy atom. The Hall–Kier alpha value is -0.0400. The predicted molar refractivity (Wildman–Crippen MR) is 56.8 cm³/mol. The number of rotatable bonds is 4. The summed E-state index contributed by atoms with van der Waals surface area (Å²) < 4.78 is 5.84. The van der Waals surface area contributed by atoms with Gasteiger partial charge in [0.05, 0.1) is 6.10 Å². The third kappa shape index (κ3) is 4.66. The molecule has 1 rings (SSSR count). The Morgan fingerprint density at radius 2 is 1.77 bits per heavy atom. The Labute approximate surface area is 82.9 Å². The Bertz CT molecular complexity index is 123. The van der Waals surface area contributed by atoms with Crippen LogP contribution in [0.3, 0.4) is 0 Å². The van der Waals surface area contributed by atoms with E-state index < -0.39 is 0 Å². The van der Waals surface area contributed by atoms with Crippen LogP contribution in [0.5, 0.6) is 0 Å². The fourth-order valence-electron chi connectivity index (χ4n) is 1.87. The first-order valence-electron chi connectivity index (χ1n) is 5.80. The lowest BCUT2D eigenvalue weighted by atomic mass is 9.89. The first-order chi connectivity index (χ1) is 6.18. The monoisotopic (exact) mass is 184 g/mol. The van der Waals surface area contributed by atoms with Crippen LogP contribution in [0.1, 0.15) is 52.9 Å². The number of hydrogen-bond donors (Lipinski definition) is 0. The lowest BCUT2D eigenvalue weighted by Gasteiger charge is -2.26. The average molecular weight is 184 g/mol. The Balaban J connectivity index is 2.02. The second kappa shape index (κ2) is 5.64. The van der Waals surface area contributed by atoms with Crippen LogP contribution in [0.25, 0.3) is 0 Å². The highest BCUT2D eigenvalue weighted by Gasteiger charge is 2.18. The molecule has 0 bridgehead atoms. The number of ether oxygens (including phenoxy) is 1. The molecule has 78 valence electrons. The Kier molecular flexibility index (Phi) is 4.79. The Morgan fingerprint density at radius 1 is 1.15 bits per heavy atom. The van der Waals surface area contributed by atoms with Crippen molar-refractivity contribution in [3.63, 3.8) is 0 Å². The van der Waals surface area contributed by atoms with E-state index in [1.165, 1.54) is 32.1 Å². The van der Waals surface area contributed by atoms with Crippen LogP contribution in [0, 0.1) is 11.8 Å². The van der Waals surface area contributed by atoms with Crippen LogP contribution in [0.2, 0.25) is 0 Å². The van der Waals surface area contributed by atoms with Crippen LogP contribution >= 0.6 is 0 Å². The van der Waals surface area contributed by atoms with Crippen molar-refractivity contribution < 1.29 is 4.74 Å². The minimum Gasteiger partial charge on any atom is -0.378 e. The van der Waals surface area contributed by atoms with Crippen LogP contribution in [-0.2, 0) is 4.74 Å². The molecule has 13 heavy (non-hydrogen) atoms. The molecule has 0 heterocycles. The SMILES string of the molecule is CC(C)CCO[C@H]1CC[C@H](C)CC1. The van der Waals surface area contributed by atoms with Crippen molar-refractivity contribution >= 4 is 0 Å². The second-order valence-corrected chi connectivity index (χ2v) is 4.94. The zero-order valence-electron chi connectivity index (χ0n) is 9.38. The zero-order chi connectivity index (χ0) is 9.68. The smallest absolute Gasteiger partial charge is 0.0575 e. The summed E-state index contributed by atoms with van der Waals surface area (Å²) in [6, 6.07) is 0. The summed E-state index contributed by atoms with van der Waals surface area (Å²) in [7, 11) is 0. The van der Waals surface area contributed by atoms with Gasteiger partial charge in [-0.1, -0.05) is 20.8 Å². The lowest BCUT2D eigenvalue weighted by molar-refractivity contribution is 0.0148. The summed E-state index contributed by atoms with van der Waals surface area (Å²) >= 11 is 0. The topological polar surface area (TPSA) is 9.23 Å². The molecule has 0 radical (unpaired) electrons. The van der Waals surface area contributed by atoms with Crippen LogP contribution < -0.4 is 0 Å². The number of hydrogen-bond acceptors (Lipinski definition) is 1. The van der Waals surface area contributed by atoms with Gasteiger partial charge in [0.25, 0.3) is 0 Å². The van der Waals surface area contributed by atoms with Crippen molar-refractivity contribution in [3.8, 4) is 0 Å². The highest BCUT2D eigenvalue weighted by molar-refractivity contribution is 4.69. The van der Waals surface area contributed by atoms with Crippen molar-refractivity contribution in [2.24, 2.45) is 11.8 Å². The molecule has 1 fully saturated rings. The van der Waals surface area contributed by atoms with Gasteiger partial charge in [0.2, 0.25) is 0 Å². The summed E-state index contributed by atoms with van der Waals surface area (Å²) in [6.07, 6.45) is 7.11. The third-order valence-electron chi connectivity index (χ3n) is 3.01. The standard InChI is InChI=1S/C12H24O/c1-10(2)8-9-13-12-6-4-11(3)5-7-12/h10-12H,4-9H2,1-3H3/t11-,12-. The van der Waals surface area contributed by atoms with E-state index in [1.807, 2.05) is 0 Å². The van der Waals surface area contributed by atoms with Crippen molar-refractivity contribution in [1.29, 1.82) is 0 Å². The van der Waals surface area contributed by atoms with E-state index in [0.717, 1.165) is 18.4 Å². The van der Waals surface area contributed by atoms with Crippen molar-refractivity contribution in [2.45, 2.75) is 59.0 Å². The molecule has 0 spiro atoms. The first kappa shape index (κ1) is 11.0. The molecule has 1 aliphatic carbocycles. The van der Waals surface area contributed by atoms with Gasteiger partial charge in [-0.2, -0.15) is 0 Å². The quantitative estimate of drug-likeness (QED) is 0.648. The molecule has 0 aromatic carbocycles. The summed E-state index contributed by atoms with van der Waals surface area (Å²) in [6.45, 7) is 7.83. The minimum absolute atomic E-state index is 0.579. The van der Waals surface area contributed by atoms with Gasteiger partial charge < -0.3 is 4.74 Å². The molecule has 1 nitrogen and oxygen atoms in total. The van der Waals surface area contributed by atoms with Crippen LogP contribution in [0.4, 0.5) is 0 Å². The van der Waals surface area contributed by atoms with Gasteiger partial charge >= 0.3 is 0 Å². The maximum atomic E-state index is 5.84. The van der Waals surface area contributed by atoms with E-state index in [9.17, 15) is 0 Å². The van der Waals surface area contributed by atoms with E-state index in [-0.39, 0.29) is 0 Å². The molecule has 0 aliphatic heterocycles.